The monoisotopic (exact) mass is 221 g/mol. The molecule has 0 bridgehead atoms. The van der Waals surface area contributed by atoms with E-state index < -0.39 is 0 Å². The van der Waals surface area contributed by atoms with E-state index in [1.165, 1.54) is 12.1 Å². The van der Waals surface area contributed by atoms with Crippen molar-refractivity contribution in [2.45, 2.75) is 12.8 Å². The van der Waals surface area contributed by atoms with Gasteiger partial charge in [0, 0.05) is 13.1 Å². The lowest BCUT2D eigenvalue weighted by Gasteiger charge is -2.15. The van der Waals surface area contributed by atoms with Gasteiger partial charge in [-0.25, -0.2) is 0 Å². The van der Waals surface area contributed by atoms with Gasteiger partial charge in [-0.05, 0) is 37.1 Å². The van der Waals surface area contributed by atoms with Gasteiger partial charge in [-0.15, -0.1) is 0 Å². The molecule has 0 aliphatic carbocycles. The number of aromatic hydroxyl groups is 1. The van der Waals surface area contributed by atoms with Crippen LogP contribution in [0, 0.1) is 0 Å². The van der Waals surface area contributed by atoms with E-state index in [0.29, 0.717) is 5.75 Å². The summed E-state index contributed by atoms with van der Waals surface area (Å²) < 4.78 is 5.33. The molecule has 1 aromatic rings. The Hall–Kier alpha value is -1.71. The first kappa shape index (κ1) is 10.8. The Morgan fingerprint density at radius 1 is 1.25 bits per heavy atom. The van der Waals surface area contributed by atoms with E-state index in [-0.39, 0.29) is 18.3 Å². The van der Waals surface area contributed by atoms with Crippen LogP contribution in [0.25, 0.3) is 0 Å². The van der Waals surface area contributed by atoms with Gasteiger partial charge in [0.2, 0.25) is 0 Å². The molecular weight excluding hydrogens is 206 g/mol. The van der Waals surface area contributed by atoms with Crippen molar-refractivity contribution in [3.63, 3.8) is 0 Å². The van der Waals surface area contributed by atoms with Crippen molar-refractivity contribution in [3.05, 3.63) is 24.3 Å². The number of amides is 1. The van der Waals surface area contributed by atoms with Crippen molar-refractivity contribution in [2.24, 2.45) is 0 Å². The highest BCUT2D eigenvalue weighted by Crippen LogP contribution is 2.16. The molecule has 2 rings (SSSR count). The highest BCUT2D eigenvalue weighted by molar-refractivity contribution is 5.78. The number of rotatable bonds is 3. The number of hydrogen-bond acceptors (Lipinski definition) is 3. The Kier molecular flexibility index (Phi) is 3.29. The van der Waals surface area contributed by atoms with Crippen molar-refractivity contribution >= 4 is 5.91 Å². The van der Waals surface area contributed by atoms with Crippen LogP contribution in [0.1, 0.15) is 12.8 Å². The maximum atomic E-state index is 11.6. The first-order chi connectivity index (χ1) is 7.75. The average molecular weight is 221 g/mol. The Balaban J connectivity index is 1.82. The van der Waals surface area contributed by atoms with Crippen LogP contribution in [0.5, 0.6) is 11.5 Å². The van der Waals surface area contributed by atoms with E-state index in [9.17, 15) is 4.79 Å². The molecule has 0 unspecified atom stereocenters. The molecule has 1 N–H and O–H groups in total. The van der Waals surface area contributed by atoms with Crippen LogP contribution in [-0.2, 0) is 4.79 Å². The van der Waals surface area contributed by atoms with Crippen LogP contribution < -0.4 is 4.74 Å². The van der Waals surface area contributed by atoms with E-state index in [2.05, 4.69) is 0 Å². The molecule has 0 atom stereocenters. The second-order valence-electron chi connectivity index (χ2n) is 3.87. The lowest BCUT2D eigenvalue weighted by Crippen LogP contribution is -2.32. The molecular formula is C12H15NO3. The zero-order valence-electron chi connectivity index (χ0n) is 9.06. The molecule has 16 heavy (non-hydrogen) atoms. The SMILES string of the molecule is O=C(COc1ccc(O)cc1)N1CCCC1. The first-order valence-electron chi connectivity index (χ1n) is 5.45. The van der Waals surface area contributed by atoms with Crippen LogP contribution in [0.4, 0.5) is 0 Å². The molecule has 1 amide bonds. The summed E-state index contributed by atoms with van der Waals surface area (Å²) in [5, 5.41) is 9.08. The summed E-state index contributed by atoms with van der Waals surface area (Å²) in [6, 6.07) is 6.37. The third-order valence-electron chi connectivity index (χ3n) is 2.66. The molecule has 0 saturated carbocycles. The van der Waals surface area contributed by atoms with Crippen molar-refractivity contribution in [2.75, 3.05) is 19.7 Å². The molecule has 1 aliphatic rings. The summed E-state index contributed by atoms with van der Waals surface area (Å²) in [6.45, 7) is 1.76. The molecule has 4 nitrogen and oxygen atoms in total. The van der Waals surface area contributed by atoms with E-state index >= 15 is 0 Å². The van der Waals surface area contributed by atoms with Crippen LogP contribution in [0.15, 0.2) is 24.3 Å². The number of phenols is 1. The third kappa shape index (κ3) is 2.66. The standard InChI is InChI=1S/C12H15NO3/c14-10-3-5-11(6-4-10)16-9-12(15)13-7-1-2-8-13/h3-6,14H,1-2,7-9H2. The summed E-state index contributed by atoms with van der Waals surface area (Å²) in [4.78, 5) is 13.5. The van der Waals surface area contributed by atoms with Crippen molar-refractivity contribution < 1.29 is 14.6 Å². The van der Waals surface area contributed by atoms with E-state index in [0.717, 1.165) is 25.9 Å². The second kappa shape index (κ2) is 4.88. The summed E-state index contributed by atoms with van der Waals surface area (Å²) in [7, 11) is 0. The van der Waals surface area contributed by atoms with Crippen molar-refractivity contribution in [1.29, 1.82) is 0 Å². The number of nitrogens with zero attached hydrogens (tertiary/aromatic N) is 1. The van der Waals surface area contributed by atoms with Gasteiger partial charge in [0.25, 0.3) is 5.91 Å². The number of benzene rings is 1. The fourth-order valence-electron chi connectivity index (χ4n) is 1.75. The third-order valence-corrected chi connectivity index (χ3v) is 2.66. The average Bonchev–Trinajstić information content (AvgIpc) is 2.81. The van der Waals surface area contributed by atoms with Crippen LogP contribution in [0.2, 0.25) is 0 Å². The zero-order chi connectivity index (χ0) is 11.4. The summed E-state index contributed by atoms with van der Waals surface area (Å²) in [5.74, 6) is 0.828. The number of carbonyl (C=O) groups is 1. The van der Waals surface area contributed by atoms with Gasteiger partial charge in [-0.3, -0.25) is 4.79 Å². The van der Waals surface area contributed by atoms with Gasteiger partial charge in [0.1, 0.15) is 11.5 Å². The smallest absolute Gasteiger partial charge is 0.260 e. The Morgan fingerprint density at radius 3 is 2.50 bits per heavy atom. The Bertz CT molecular complexity index is 355. The number of likely N-dealkylation sites (tertiary alicyclic amines) is 1. The van der Waals surface area contributed by atoms with Crippen molar-refractivity contribution in [1.82, 2.24) is 4.90 Å². The molecule has 1 saturated heterocycles. The van der Waals surface area contributed by atoms with Crippen LogP contribution in [0.3, 0.4) is 0 Å². The first-order valence-corrected chi connectivity index (χ1v) is 5.45. The quantitative estimate of drug-likeness (QED) is 0.839. The van der Waals surface area contributed by atoms with Crippen LogP contribution >= 0.6 is 0 Å². The zero-order valence-corrected chi connectivity index (χ0v) is 9.06. The van der Waals surface area contributed by atoms with Gasteiger partial charge in [-0.1, -0.05) is 0 Å². The number of phenolic OH excluding ortho intramolecular Hbond substituents is 1. The summed E-state index contributed by atoms with van der Waals surface area (Å²) in [5.41, 5.74) is 0. The predicted octanol–water partition coefficient (Wildman–Crippen LogP) is 1.39. The number of hydrogen-bond donors (Lipinski definition) is 1. The minimum Gasteiger partial charge on any atom is -0.508 e. The summed E-state index contributed by atoms with van der Waals surface area (Å²) in [6.07, 6.45) is 2.18. The molecule has 0 radical (unpaired) electrons. The minimum absolute atomic E-state index is 0.0329. The Labute approximate surface area is 94.4 Å². The van der Waals surface area contributed by atoms with Crippen molar-refractivity contribution in [3.8, 4) is 11.5 Å². The van der Waals surface area contributed by atoms with Gasteiger partial charge < -0.3 is 14.7 Å². The topological polar surface area (TPSA) is 49.8 Å². The fraction of sp³-hybridized carbons (Fsp3) is 0.417. The lowest BCUT2D eigenvalue weighted by molar-refractivity contribution is -0.132. The van der Waals surface area contributed by atoms with Gasteiger partial charge in [-0.2, -0.15) is 0 Å². The molecule has 0 spiro atoms. The second-order valence-corrected chi connectivity index (χ2v) is 3.87. The van der Waals surface area contributed by atoms with E-state index in [4.69, 9.17) is 9.84 Å². The maximum Gasteiger partial charge on any atom is 0.260 e. The minimum atomic E-state index is 0.0329. The molecule has 1 aliphatic heterocycles. The normalized spacial score (nSPS) is 15.1. The molecule has 1 fully saturated rings. The van der Waals surface area contributed by atoms with Gasteiger partial charge >= 0.3 is 0 Å². The maximum absolute atomic E-state index is 11.6. The van der Waals surface area contributed by atoms with Gasteiger partial charge in [0.15, 0.2) is 6.61 Å². The summed E-state index contributed by atoms with van der Waals surface area (Å²) >= 11 is 0. The predicted molar refractivity (Wildman–Crippen MR) is 59.4 cm³/mol. The molecule has 4 heteroatoms. The Morgan fingerprint density at radius 2 is 1.88 bits per heavy atom. The largest absolute Gasteiger partial charge is 0.508 e. The fourth-order valence-corrected chi connectivity index (χ4v) is 1.75. The highest BCUT2D eigenvalue weighted by Gasteiger charge is 2.17. The number of carbonyl (C=O) groups excluding carboxylic acids is 1. The molecule has 86 valence electrons. The van der Waals surface area contributed by atoms with E-state index in [1.54, 1.807) is 12.1 Å². The molecule has 1 heterocycles. The van der Waals surface area contributed by atoms with Crippen LogP contribution in [-0.4, -0.2) is 35.6 Å². The number of ether oxygens (including phenoxy) is 1. The van der Waals surface area contributed by atoms with Gasteiger partial charge in [0.05, 0.1) is 0 Å². The molecule has 1 aromatic carbocycles. The molecule has 0 aromatic heterocycles. The lowest BCUT2D eigenvalue weighted by atomic mass is 10.3. The highest BCUT2D eigenvalue weighted by atomic mass is 16.5. The van der Waals surface area contributed by atoms with E-state index in [1.807, 2.05) is 4.90 Å².